The monoisotopic (exact) mass is 286 g/mol. The number of nitrogens with zero attached hydrogens (tertiary/aromatic N) is 2. The summed E-state index contributed by atoms with van der Waals surface area (Å²) in [6.45, 7) is 4.62. The van der Waals surface area contributed by atoms with Crippen LogP contribution in [0.15, 0.2) is 42.7 Å². The highest BCUT2D eigenvalue weighted by molar-refractivity contribution is 5.75. The van der Waals surface area contributed by atoms with Crippen LogP contribution in [0.5, 0.6) is 0 Å². The van der Waals surface area contributed by atoms with Gasteiger partial charge in [-0.15, -0.1) is 0 Å². The average molecular weight is 286 g/mol. The minimum atomic E-state index is -0.00593. The van der Waals surface area contributed by atoms with Crippen LogP contribution in [0.1, 0.15) is 24.7 Å². The van der Waals surface area contributed by atoms with Gasteiger partial charge in [-0.1, -0.05) is 37.3 Å². The number of hydrogen-bond acceptors (Lipinski definition) is 3. The van der Waals surface area contributed by atoms with Crippen molar-refractivity contribution in [2.45, 2.75) is 33.0 Å². The van der Waals surface area contributed by atoms with E-state index in [4.69, 9.17) is 0 Å². The van der Waals surface area contributed by atoms with E-state index in [1.165, 1.54) is 0 Å². The summed E-state index contributed by atoms with van der Waals surface area (Å²) in [5.41, 5.74) is 1.10. The highest BCUT2D eigenvalue weighted by Gasteiger charge is 2.07. The van der Waals surface area contributed by atoms with Gasteiger partial charge in [0, 0.05) is 18.9 Å². The van der Waals surface area contributed by atoms with Crippen molar-refractivity contribution in [2.24, 2.45) is 0 Å². The second kappa shape index (κ2) is 8.21. The lowest BCUT2D eigenvalue weighted by Gasteiger charge is -2.09. The molecule has 1 heterocycles. The molecule has 2 N–H and O–H groups in total. The Balaban J connectivity index is 1.81. The minimum Gasteiger partial charge on any atom is -0.350 e. The molecule has 0 bridgehead atoms. The van der Waals surface area contributed by atoms with E-state index < -0.39 is 0 Å². The Morgan fingerprint density at radius 1 is 1.24 bits per heavy atom. The molecule has 0 aliphatic rings. The summed E-state index contributed by atoms with van der Waals surface area (Å²) in [6, 6.07) is 9.89. The Morgan fingerprint density at radius 2 is 2.05 bits per heavy atom. The molecule has 0 atom stereocenters. The molecule has 0 aliphatic heterocycles. The van der Waals surface area contributed by atoms with Gasteiger partial charge < -0.3 is 15.2 Å². The lowest BCUT2D eigenvalue weighted by molar-refractivity contribution is -0.121. The van der Waals surface area contributed by atoms with Gasteiger partial charge >= 0.3 is 0 Å². The van der Waals surface area contributed by atoms with Gasteiger partial charge in [-0.05, 0) is 18.5 Å². The third-order valence-corrected chi connectivity index (χ3v) is 3.16. The van der Waals surface area contributed by atoms with Crippen LogP contribution in [0.25, 0.3) is 0 Å². The van der Waals surface area contributed by atoms with Crippen LogP contribution in [0, 0.1) is 0 Å². The molecule has 2 rings (SSSR count). The van der Waals surface area contributed by atoms with Crippen LogP contribution in [-0.2, 0) is 24.4 Å². The molecule has 5 heteroatoms. The average Bonchev–Trinajstić information content (AvgIpc) is 2.94. The maximum atomic E-state index is 12.0. The standard InChI is InChI=1S/C16H22N4O/c1-2-8-17-12-15-18-9-10-20(15)13-16(21)19-11-14-6-4-3-5-7-14/h3-7,9-10,17H,2,8,11-13H2,1H3,(H,19,21). The highest BCUT2D eigenvalue weighted by Crippen LogP contribution is 1.99. The Hall–Kier alpha value is -2.14. The molecule has 0 fully saturated rings. The first-order chi connectivity index (χ1) is 10.3. The van der Waals surface area contributed by atoms with Crippen molar-refractivity contribution in [3.63, 3.8) is 0 Å². The van der Waals surface area contributed by atoms with E-state index in [0.717, 1.165) is 24.4 Å². The van der Waals surface area contributed by atoms with Crippen molar-refractivity contribution in [3.05, 3.63) is 54.1 Å². The van der Waals surface area contributed by atoms with Crippen LogP contribution >= 0.6 is 0 Å². The van der Waals surface area contributed by atoms with Gasteiger partial charge in [-0.25, -0.2) is 4.98 Å². The number of benzene rings is 1. The molecular weight excluding hydrogens is 264 g/mol. The molecule has 0 radical (unpaired) electrons. The molecule has 1 aromatic carbocycles. The second-order valence-corrected chi connectivity index (χ2v) is 4.91. The second-order valence-electron chi connectivity index (χ2n) is 4.91. The van der Waals surface area contributed by atoms with Crippen LogP contribution in [-0.4, -0.2) is 22.0 Å². The Labute approximate surface area is 125 Å². The number of carbonyl (C=O) groups excluding carboxylic acids is 1. The molecule has 1 amide bonds. The molecule has 1 aromatic heterocycles. The minimum absolute atomic E-state index is 0.00593. The van der Waals surface area contributed by atoms with Gasteiger partial charge in [0.05, 0.1) is 6.54 Å². The predicted octanol–water partition coefficient (Wildman–Crippen LogP) is 1.70. The molecule has 21 heavy (non-hydrogen) atoms. The number of rotatable bonds is 8. The van der Waals surface area contributed by atoms with E-state index in [-0.39, 0.29) is 5.91 Å². The summed E-state index contributed by atoms with van der Waals surface area (Å²) >= 11 is 0. The lowest BCUT2D eigenvalue weighted by atomic mass is 10.2. The van der Waals surface area contributed by atoms with Gasteiger partial charge in [-0.3, -0.25) is 4.79 Å². The van der Waals surface area contributed by atoms with Crippen LogP contribution in [0.4, 0.5) is 0 Å². The predicted molar refractivity (Wildman–Crippen MR) is 82.5 cm³/mol. The number of nitrogens with one attached hydrogen (secondary N) is 2. The Kier molecular flexibility index (Phi) is 5.97. The summed E-state index contributed by atoms with van der Waals surface area (Å²) in [5, 5.41) is 6.22. The van der Waals surface area contributed by atoms with Crippen molar-refractivity contribution in [3.8, 4) is 0 Å². The first-order valence-electron chi connectivity index (χ1n) is 7.31. The van der Waals surface area contributed by atoms with Gasteiger partial charge in [0.2, 0.25) is 5.91 Å². The molecular formula is C16H22N4O. The molecule has 0 spiro atoms. The third-order valence-electron chi connectivity index (χ3n) is 3.16. The normalized spacial score (nSPS) is 10.5. The van der Waals surface area contributed by atoms with E-state index >= 15 is 0 Å². The fraction of sp³-hybridized carbons (Fsp3) is 0.375. The van der Waals surface area contributed by atoms with Gasteiger partial charge in [-0.2, -0.15) is 0 Å². The maximum Gasteiger partial charge on any atom is 0.240 e. The third kappa shape index (κ3) is 5.04. The van der Waals surface area contributed by atoms with Gasteiger partial charge in [0.1, 0.15) is 12.4 Å². The van der Waals surface area contributed by atoms with Gasteiger partial charge in [0.15, 0.2) is 0 Å². The van der Waals surface area contributed by atoms with Crippen LogP contribution in [0.3, 0.4) is 0 Å². The molecule has 5 nitrogen and oxygen atoms in total. The summed E-state index contributed by atoms with van der Waals surface area (Å²) in [5.74, 6) is 0.881. The molecule has 0 saturated carbocycles. The summed E-state index contributed by atoms with van der Waals surface area (Å²) < 4.78 is 1.88. The number of carbonyl (C=O) groups is 1. The van der Waals surface area contributed by atoms with Crippen molar-refractivity contribution in [1.82, 2.24) is 20.2 Å². The van der Waals surface area contributed by atoms with E-state index in [9.17, 15) is 4.79 Å². The van der Waals surface area contributed by atoms with Crippen LogP contribution < -0.4 is 10.6 Å². The zero-order valence-corrected chi connectivity index (χ0v) is 12.4. The van der Waals surface area contributed by atoms with Crippen molar-refractivity contribution >= 4 is 5.91 Å². The maximum absolute atomic E-state index is 12.0. The molecule has 0 unspecified atom stereocenters. The van der Waals surface area contributed by atoms with Crippen molar-refractivity contribution in [2.75, 3.05) is 6.54 Å². The summed E-state index contributed by atoms with van der Waals surface area (Å²) in [6.07, 6.45) is 4.65. The zero-order valence-electron chi connectivity index (χ0n) is 12.4. The quantitative estimate of drug-likeness (QED) is 0.726. The first-order valence-corrected chi connectivity index (χ1v) is 7.31. The Morgan fingerprint density at radius 3 is 2.81 bits per heavy atom. The smallest absolute Gasteiger partial charge is 0.240 e. The van der Waals surface area contributed by atoms with E-state index in [0.29, 0.717) is 19.6 Å². The number of imidazole rings is 1. The Bertz CT molecular complexity index is 550. The topological polar surface area (TPSA) is 59.0 Å². The largest absolute Gasteiger partial charge is 0.350 e. The molecule has 0 saturated heterocycles. The number of amides is 1. The summed E-state index contributed by atoms with van der Waals surface area (Å²) in [4.78, 5) is 16.3. The molecule has 112 valence electrons. The van der Waals surface area contributed by atoms with E-state index in [1.54, 1.807) is 6.20 Å². The van der Waals surface area contributed by atoms with E-state index in [1.807, 2.05) is 41.1 Å². The SMILES string of the molecule is CCCNCc1nccn1CC(=O)NCc1ccccc1. The van der Waals surface area contributed by atoms with E-state index in [2.05, 4.69) is 22.5 Å². The fourth-order valence-corrected chi connectivity index (χ4v) is 2.04. The van der Waals surface area contributed by atoms with Crippen molar-refractivity contribution < 1.29 is 4.79 Å². The first kappa shape index (κ1) is 15.3. The zero-order chi connectivity index (χ0) is 14.9. The number of aromatic nitrogens is 2. The summed E-state index contributed by atoms with van der Waals surface area (Å²) in [7, 11) is 0. The molecule has 0 aliphatic carbocycles. The highest BCUT2D eigenvalue weighted by atomic mass is 16.1. The lowest BCUT2D eigenvalue weighted by Crippen LogP contribution is -2.28. The fourth-order valence-electron chi connectivity index (χ4n) is 2.04. The van der Waals surface area contributed by atoms with Crippen LogP contribution in [0.2, 0.25) is 0 Å². The number of hydrogen-bond donors (Lipinski definition) is 2. The molecule has 2 aromatic rings. The van der Waals surface area contributed by atoms with Gasteiger partial charge in [0.25, 0.3) is 0 Å². The van der Waals surface area contributed by atoms with Crippen molar-refractivity contribution in [1.29, 1.82) is 0 Å².